The first-order valence-electron chi connectivity index (χ1n) is 6.25. The van der Waals surface area contributed by atoms with Crippen molar-refractivity contribution in [3.05, 3.63) is 35.4 Å². The molecule has 0 saturated heterocycles. The lowest BCUT2D eigenvalue weighted by molar-refractivity contribution is -0.145. The summed E-state index contributed by atoms with van der Waals surface area (Å²) in [5.74, 6) is -0.809. The van der Waals surface area contributed by atoms with Crippen molar-refractivity contribution >= 4 is 5.97 Å². The van der Waals surface area contributed by atoms with Gasteiger partial charge in [-0.15, -0.1) is 0 Å². The highest BCUT2D eigenvalue weighted by Gasteiger charge is 2.27. The Kier molecular flexibility index (Phi) is 4.33. The van der Waals surface area contributed by atoms with Crippen LogP contribution in [0.4, 0.5) is 0 Å². The molecule has 0 aliphatic carbocycles. The molecule has 1 aromatic carbocycles. The van der Waals surface area contributed by atoms with Gasteiger partial charge in [0, 0.05) is 13.7 Å². The number of ether oxygens (including phenoxy) is 1. The number of benzene rings is 1. The molecule has 0 bridgehead atoms. The highest BCUT2D eigenvalue weighted by atomic mass is 16.5. The maximum absolute atomic E-state index is 11.3. The Morgan fingerprint density at radius 3 is 2.83 bits per heavy atom. The summed E-state index contributed by atoms with van der Waals surface area (Å²) in [6, 6.07) is 7.71. The van der Waals surface area contributed by atoms with Crippen LogP contribution in [0.2, 0.25) is 0 Å². The largest absolute Gasteiger partial charge is 0.480 e. The van der Waals surface area contributed by atoms with E-state index >= 15 is 0 Å². The number of carboxylic acids is 1. The van der Waals surface area contributed by atoms with Gasteiger partial charge in [-0.3, -0.25) is 9.69 Å². The molecule has 1 atom stereocenters. The van der Waals surface area contributed by atoms with Crippen LogP contribution in [0, 0.1) is 0 Å². The minimum atomic E-state index is -0.809. The van der Waals surface area contributed by atoms with Gasteiger partial charge >= 0.3 is 5.97 Å². The van der Waals surface area contributed by atoms with Crippen LogP contribution in [-0.4, -0.2) is 42.3 Å². The van der Waals surface area contributed by atoms with E-state index in [1.807, 2.05) is 17.0 Å². The molecule has 2 rings (SSSR count). The first kappa shape index (κ1) is 13.1. The summed E-state index contributed by atoms with van der Waals surface area (Å²) in [5, 5.41) is 9.27. The Balaban J connectivity index is 2.18. The van der Waals surface area contributed by atoms with Gasteiger partial charge in [-0.1, -0.05) is 24.3 Å². The monoisotopic (exact) mass is 249 g/mol. The summed E-state index contributed by atoms with van der Waals surface area (Å²) in [5.41, 5.74) is 2.57. The topological polar surface area (TPSA) is 49.8 Å². The van der Waals surface area contributed by atoms with Gasteiger partial charge in [0.25, 0.3) is 0 Å². The Morgan fingerprint density at radius 2 is 2.17 bits per heavy atom. The molecule has 18 heavy (non-hydrogen) atoms. The lowest BCUT2D eigenvalue weighted by Gasteiger charge is -2.27. The molecular formula is C14H19NO3. The number of nitrogens with zero attached hydrogens (tertiary/aromatic N) is 1. The molecule has 0 fully saturated rings. The zero-order valence-corrected chi connectivity index (χ0v) is 10.6. The van der Waals surface area contributed by atoms with Crippen molar-refractivity contribution in [2.24, 2.45) is 0 Å². The second-order valence-electron chi connectivity index (χ2n) is 4.65. The van der Waals surface area contributed by atoms with E-state index in [-0.39, 0.29) is 6.61 Å². The van der Waals surface area contributed by atoms with Crippen LogP contribution in [-0.2, 0) is 22.5 Å². The number of carbonyl (C=O) groups is 1. The molecular weight excluding hydrogens is 230 g/mol. The summed E-state index contributed by atoms with van der Waals surface area (Å²) < 4.78 is 5.02. The van der Waals surface area contributed by atoms with Crippen LogP contribution < -0.4 is 0 Å². The fourth-order valence-electron chi connectivity index (χ4n) is 2.48. The molecule has 1 aliphatic heterocycles. The summed E-state index contributed by atoms with van der Waals surface area (Å²) in [7, 11) is 1.54. The third-order valence-corrected chi connectivity index (χ3v) is 3.43. The minimum Gasteiger partial charge on any atom is -0.480 e. The van der Waals surface area contributed by atoms with Gasteiger partial charge in [0.1, 0.15) is 6.04 Å². The lowest BCUT2D eigenvalue weighted by Crippen LogP contribution is -2.43. The second kappa shape index (κ2) is 5.98. The number of hydrogen-bond acceptors (Lipinski definition) is 3. The van der Waals surface area contributed by atoms with Gasteiger partial charge in [0.2, 0.25) is 0 Å². The number of rotatable bonds is 4. The van der Waals surface area contributed by atoms with E-state index in [1.54, 1.807) is 7.11 Å². The third kappa shape index (κ3) is 2.89. The normalized spacial score (nSPS) is 17.8. The number of fused-ring (bicyclic) bond motifs is 1. The average Bonchev–Trinajstić information content (AvgIpc) is 2.57. The summed E-state index contributed by atoms with van der Waals surface area (Å²) in [6.45, 7) is 1.73. The second-order valence-corrected chi connectivity index (χ2v) is 4.65. The summed E-state index contributed by atoms with van der Waals surface area (Å²) in [4.78, 5) is 13.3. The van der Waals surface area contributed by atoms with Crippen LogP contribution in [0.3, 0.4) is 0 Å². The molecule has 1 unspecified atom stereocenters. The zero-order chi connectivity index (χ0) is 13.0. The Morgan fingerprint density at radius 1 is 1.44 bits per heavy atom. The smallest absolute Gasteiger partial charge is 0.323 e. The Hall–Kier alpha value is -1.39. The number of hydrogen-bond donors (Lipinski definition) is 1. The number of aliphatic carboxylic acids is 1. The fourth-order valence-corrected chi connectivity index (χ4v) is 2.48. The van der Waals surface area contributed by atoms with E-state index in [0.717, 1.165) is 19.4 Å². The first-order valence-corrected chi connectivity index (χ1v) is 6.25. The van der Waals surface area contributed by atoms with E-state index < -0.39 is 12.0 Å². The van der Waals surface area contributed by atoms with Crippen molar-refractivity contribution in [3.63, 3.8) is 0 Å². The van der Waals surface area contributed by atoms with Crippen LogP contribution in [0.5, 0.6) is 0 Å². The first-order chi connectivity index (χ1) is 8.72. The van der Waals surface area contributed by atoms with Crippen molar-refractivity contribution in [1.29, 1.82) is 0 Å². The standard InChI is InChI=1S/C14H19NO3/c1-18-10-13(14(16)17)15-8-4-7-11-5-2-3-6-12(11)9-15/h2-3,5-6,13H,4,7-10H2,1H3,(H,16,17). The van der Waals surface area contributed by atoms with Gasteiger partial charge in [-0.2, -0.15) is 0 Å². The molecule has 1 heterocycles. The van der Waals surface area contributed by atoms with Gasteiger partial charge in [-0.25, -0.2) is 0 Å². The third-order valence-electron chi connectivity index (χ3n) is 3.43. The van der Waals surface area contributed by atoms with E-state index in [2.05, 4.69) is 12.1 Å². The maximum atomic E-state index is 11.3. The van der Waals surface area contributed by atoms with Crippen LogP contribution in [0.1, 0.15) is 17.5 Å². The molecule has 0 saturated carbocycles. The number of methoxy groups -OCH3 is 1. The van der Waals surface area contributed by atoms with Crippen molar-refractivity contribution in [3.8, 4) is 0 Å². The SMILES string of the molecule is COCC(C(=O)O)N1CCCc2ccccc2C1. The molecule has 0 aromatic heterocycles. The van der Waals surface area contributed by atoms with Gasteiger partial charge < -0.3 is 9.84 Å². The quantitative estimate of drug-likeness (QED) is 0.879. The molecule has 1 N–H and O–H groups in total. The van der Waals surface area contributed by atoms with Crippen molar-refractivity contribution in [2.45, 2.75) is 25.4 Å². The molecule has 0 amide bonds. The molecule has 0 radical (unpaired) electrons. The highest BCUT2D eigenvalue weighted by Crippen LogP contribution is 2.20. The average molecular weight is 249 g/mol. The van der Waals surface area contributed by atoms with Gasteiger partial charge in [0.05, 0.1) is 6.61 Å². The lowest BCUT2D eigenvalue weighted by atomic mass is 10.0. The van der Waals surface area contributed by atoms with E-state index in [1.165, 1.54) is 11.1 Å². The van der Waals surface area contributed by atoms with Crippen LogP contribution in [0.25, 0.3) is 0 Å². The molecule has 98 valence electrons. The van der Waals surface area contributed by atoms with Gasteiger partial charge in [-0.05, 0) is 30.5 Å². The van der Waals surface area contributed by atoms with E-state index in [9.17, 15) is 9.90 Å². The molecule has 1 aromatic rings. The maximum Gasteiger partial charge on any atom is 0.323 e. The predicted molar refractivity (Wildman–Crippen MR) is 68.5 cm³/mol. The van der Waals surface area contributed by atoms with Crippen molar-refractivity contribution < 1.29 is 14.6 Å². The zero-order valence-electron chi connectivity index (χ0n) is 10.6. The fraction of sp³-hybridized carbons (Fsp3) is 0.500. The number of aryl methyl sites for hydroxylation is 1. The molecule has 0 spiro atoms. The predicted octanol–water partition coefficient (Wildman–Crippen LogP) is 1.53. The molecule has 1 aliphatic rings. The minimum absolute atomic E-state index is 0.234. The molecule has 4 nitrogen and oxygen atoms in total. The van der Waals surface area contributed by atoms with Crippen LogP contribution in [0.15, 0.2) is 24.3 Å². The van der Waals surface area contributed by atoms with Crippen LogP contribution >= 0.6 is 0 Å². The van der Waals surface area contributed by atoms with Crippen molar-refractivity contribution in [1.82, 2.24) is 4.90 Å². The Bertz CT molecular complexity index is 419. The summed E-state index contributed by atoms with van der Waals surface area (Å²) >= 11 is 0. The summed E-state index contributed by atoms with van der Waals surface area (Å²) in [6.07, 6.45) is 2.01. The van der Waals surface area contributed by atoms with Gasteiger partial charge in [0.15, 0.2) is 0 Å². The van der Waals surface area contributed by atoms with E-state index in [0.29, 0.717) is 6.54 Å². The molecule has 4 heteroatoms. The highest BCUT2D eigenvalue weighted by molar-refractivity contribution is 5.73. The van der Waals surface area contributed by atoms with E-state index in [4.69, 9.17) is 4.74 Å². The van der Waals surface area contributed by atoms with Crippen molar-refractivity contribution in [2.75, 3.05) is 20.3 Å². The Labute approximate surface area is 107 Å². The number of carboxylic acid groups (broad SMARTS) is 1.